The van der Waals surface area contributed by atoms with Crippen LogP contribution in [0.1, 0.15) is 17.3 Å². The van der Waals surface area contributed by atoms with Crippen molar-refractivity contribution in [3.63, 3.8) is 0 Å². The van der Waals surface area contributed by atoms with Crippen molar-refractivity contribution >= 4 is 5.97 Å². The monoisotopic (exact) mass is 268 g/mol. The van der Waals surface area contributed by atoms with Crippen LogP contribution in [0.3, 0.4) is 0 Å². The van der Waals surface area contributed by atoms with Gasteiger partial charge in [-0.1, -0.05) is 12.1 Å². The van der Waals surface area contributed by atoms with Crippen LogP contribution in [0.4, 0.5) is 4.39 Å². The molecular formula is C14H19FNO3+. The molecule has 1 saturated heterocycles. The topological polar surface area (TPSA) is 40.0 Å². The molecule has 1 aliphatic heterocycles. The van der Waals surface area contributed by atoms with Gasteiger partial charge in [0.1, 0.15) is 31.6 Å². The molecule has 0 bridgehead atoms. The summed E-state index contributed by atoms with van der Waals surface area (Å²) in [7, 11) is 0. The van der Waals surface area contributed by atoms with Crippen LogP contribution in [0.25, 0.3) is 0 Å². The zero-order chi connectivity index (χ0) is 13.7. The maximum atomic E-state index is 13.4. The predicted octanol–water partition coefficient (Wildman–Crippen LogP) is 0.286. The largest absolute Gasteiger partial charge is 0.453 e. The van der Waals surface area contributed by atoms with Crippen molar-refractivity contribution in [2.24, 2.45) is 0 Å². The van der Waals surface area contributed by atoms with Crippen LogP contribution in [0.2, 0.25) is 0 Å². The summed E-state index contributed by atoms with van der Waals surface area (Å²) in [5.41, 5.74) is -0.00803. The number of carbonyl (C=O) groups is 1. The molecule has 2 rings (SSSR count). The van der Waals surface area contributed by atoms with Gasteiger partial charge in [-0.05, 0) is 19.1 Å². The van der Waals surface area contributed by atoms with Gasteiger partial charge in [0.25, 0.3) is 0 Å². The Morgan fingerprint density at radius 2 is 2.11 bits per heavy atom. The van der Waals surface area contributed by atoms with Crippen LogP contribution in [0.15, 0.2) is 24.3 Å². The first-order chi connectivity index (χ1) is 9.16. The van der Waals surface area contributed by atoms with Crippen LogP contribution in [-0.4, -0.2) is 44.9 Å². The van der Waals surface area contributed by atoms with Gasteiger partial charge in [0.2, 0.25) is 0 Å². The molecule has 0 aromatic heterocycles. The molecule has 1 aromatic rings. The smallest absolute Gasteiger partial charge is 0.341 e. The normalized spacial score (nSPS) is 18.0. The van der Waals surface area contributed by atoms with E-state index in [1.165, 1.54) is 17.0 Å². The lowest BCUT2D eigenvalue weighted by molar-refractivity contribution is -0.910. The van der Waals surface area contributed by atoms with E-state index in [9.17, 15) is 9.18 Å². The first-order valence-corrected chi connectivity index (χ1v) is 6.53. The van der Waals surface area contributed by atoms with E-state index in [-0.39, 0.29) is 11.7 Å². The number of morpholine rings is 1. The quantitative estimate of drug-likeness (QED) is 0.798. The molecule has 104 valence electrons. The second-order valence-electron chi connectivity index (χ2n) is 4.76. The molecule has 0 spiro atoms. The third kappa shape index (κ3) is 4.01. The fourth-order valence-electron chi connectivity index (χ4n) is 2.19. The summed E-state index contributed by atoms with van der Waals surface area (Å²) in [6.45, 7) is 5.88. The summed E-state index contributed by atoms with van der Waals surface area (Å²) in [5.74, 6) is -1.14. The van der Waals surface area contributed by atoms with Gasteiger partial charge in [0, 0.05) is 0 Å². The second-order valence-corrected chi connectivity index (χ2v) is 4.76. The van der Waals surface area contributed by atoms with E-state index in [1.807, 2.05) is 6.92 Å². The maximum absolute atomic E-state index is 13.4. The summed E-state index contributed by atoms with van der Waals surface area (Å²) in [4.78, 5) is 13.2. The van der Waals surface area contributed by atoms with Gasteiger partial charge in [-0.15, -0.1) is 0 Å². The zero-order valence-corrected chi connectivity index (χ0v) is 11.0. The number of hydrogen-bond donors (Lipinski definition) is 1. The molecule has 1 fully saturated rings. The average molecular weight is 268 g/mol. The van der Waals surface area contributed by atoms with Crippen LogP contribution >= 0.6 is 0 Å². The highest BCUT2D eigenvalue weighted by molar-refractivity contribution is 5.89. The average Bonchev–Trinajstić information content (AvgIpc) is 2.40. The molecule has 0 saturated carbocycles. The van der Waals surface area contributed by atoms with Crippen LogP contribution in [0, 0.1) is 5.82 Å². The highest BCUT2D eigenvalue weighted by Gasteiger charge is 2.21. The van der Waals surface area contributed by atoms with Crippen LogP contribution in [-0.2, 0) is 9.47 Å². The van der Waals surface area contributed by atoms with Crippen molar-refractivity contribution in [1.82, 2.24) is 0 Å². The summed E-state index contributed by atoms with van der Waals surface area (Å²) in [6, 6.07) is 5.87. The van der Waals surface area contributed by atoms with Gasteiger partial charge in [-0.2, -0.15) is 0 Å². The SMILES string of the molecule is C[C@H](C[NH+]1CCOCC1)OC(=O)c1ccccc1F. The summed E-state index contributed by atoms with van der Waals surface area (Å²) < 4.78 is 24.0. The van der Waals surface area contributed by atoms with Crippen molar-refractivity contribution in [2.45, 2.75) is 13.0 Å². The Morgan fingerprint density at radius 1 is 1.42 bits per heavy atom. The Morgan fingerprint density at radius 3 is 2.79 bits per heavy atom. The number of nitrogens with one attached hydrogen (secondary N) is 1. The van der Waals surface area contributed by atoms with E-state index in [1.54, 1.807) is 12.1 Å². The van der Waals surface area contributed by atoms with Crippen molar-refractivity contribution < 1.29 is 23.6 Å². The molecule has 0 aliphatic carbocycles. The minimum Gasteiger partial charge on any atom is -0.453 e. The number of ether oxygens (including phenoxy) is 2. The minimum atomic E-state index is -0.599. The Labute approximate surface area is 112 Å². The lowest BCUT2D eigenvalue weighted by Crippen LogP contribution is -3.15. The van der Waals surface area contributed by atoms with Crippen molar-refractivity contribution in [3.05, 3.63) is 35.6 Å². The van der Waals surface area contributed by atoms with E-state index >= 15 is 0 Å². The Kier molecular flexibility index (Phi) is 4.87. The standard InChI is InChI=1S/C14H18FNO3/c1-11(10-16-6-8-18-9-7-16)19-14(17)12-4-2-3-5-13(12)15/h2-5,11H,6-10H2,1H3/p+1/t11-/m1/s1. The first kappa shape index (κ1) is 14.0. The van der Waals surface area contributed by atoms with Gasteiger partial charge in [-0.25, -0.2) is 9.18 Å². The van der Waals surface area contributed by atoms with Crippen molar-refractivity contribution in [1.29, 1.82) is 0 Å². The van der Waals surface area contributed by atoms with Gasteiger partial charge in [-0.3, -0.25) is 0 Å². The van der Waals surface area contributed by atoms with Gasteiger partial charge in [0.05, 0.1) is 18.8 Å². The molecule has 5 heteroatoms. The summed E-state index contributed by atoms with van der Waals surface area (Å²) in [6.07, 6.45) is -0.236. The molecule has 1 heterocycles. The van der Waals surface area contributed by atoms with Gasteiger partial charge in [0.15, 0.2) is 0 Å². The Hall–Kier alpha value is -1.46. The molecule has 1 aromatic carbocycles. The van der Waals surface area contributed by atoms with E-state index < -0.39 is 11.8 Å². The summed E-state index contributed by atoms with van der Waals surface area (Å²) in [5, 5.41) is 0. The second kappa shape index (κ2) is 6.63. The minimum absolute atomic E-state index is 0.00803. The van der Waals surface area contributed by atoms with Gasteiger partial charge >= 0.3 is 5.97 Å². The van der Waals surface area contributed by atoms with Crippen molar-refractivity contribution in [2.75, 3.05) is 32.8 Å². The Balaban J connectivity index is 1.86. The Bertz CT molecular complexity index is 432. The number of carbonyl (C=O) groups excluding carboxylic acids is 1. The lowest BCUT2D eigenvalue weighted by atomic mass is 10.2. The number of hydrogen-bond acceptors (Lipinski definition) is 3. The number of halogens is 1. The maximum Gasteiger partial charge on any atom is 0.341 e. The summed E-state index contributed by atoms with van der Waals surface area (Å²) >= 11 is 0. The van der Waals surface area contributed by atoms with E-state index in [0.717, 1.165) is 32.8 Å². The molecule has 1 N–H and O–H groups in total. The number of quaternary nitrogens is 1. The van der Waals surface area contributed by atoms with Crippen LogP contribution in [0.5, 0.6) is 0 Å². The third-order valence-corrected chi connectivity index (χ3v) is 3.18. The first-order valence-electron chi connectivity index (χ1n) is 6.53. The molecule has 0 unspecified atom stereocenters. The molecule has 1 aliphatic rings. The predicted molar refractivity (Wildman–Crippen MR) is 67.7 cm³/mol. The fourth-order valence-corrected chi connectivity index (χ4v) is 2.19. The van der Waals surface area contributed by atoms with E-state index in [4.69, 9.17) is 9.47 Å². The van der Waals surface area contributed by atoms with Crippen LogP contribution < -0.4 is 4.90 Å². The third-order valence-electron chi connectivity index (χ3n) is 3.18. The highest BCUT2D eigenvalue weighted by atomic mass is 19.1. The highest BCUT2D eigenvalue weighted by Crippen LogP contribution is 2.08. The molecule has 4 nitrogen and oxygen atoms in total. The van der Waals surface area contributed by atoms with Crippen molar-refractivity contribution in [3.8, 4) is 0 Å². The number of rotatable bonds is 4. The van der Waals surface area contributed by atoms with E-state index in [2.05, 4.69) is 0 Å². The molecule has 1 atom stereocenters. The molecular weight excluding hydrogens is 249 g/mol. The lowest BCUT2D eigenvalue weighted by Gasteiger charge is -2.26. The molecule has 19 heavy (non-hydrogen) atoms. The van der Waals surface area contributed by atoms with E-state index in [0.29, 0.717) is 0 Å². The molecule has 0 amide bonds. The van der Waals surface area contributed by atoms with Gasteiger partial charge < -0.3 is 14.4 Å². The zero-order valence-electron chi connectivity index (χ0n) is 11.0. The molecule has 0 radical (unpaired) electrons. The number of esters is 1. The number of benzene rings is 1. The fraction of sp³-hybridized carbons (Fsp3) is 0.500.